The molecule has 0 radical (unpaired) electrons. The maximum atomic E-state index is 8.87. The van der Waals surface area contributed by atoms with Crippen LogP contribution < -0.4 is 4.90 Å². The fraction of sp³-hybridized carbons (Fsp3) is 0.231. The minimum Gasteiger partial charge on any atom is -0.334 e. The molecular formula is C13H14N4. The number of hydrogen-bond acceptors (Lipinski definition) is 4. The van der Waals surface area contributed by atoms with Crippen molar-refractivity contribution in [3.63, 3.8) is 0 Å². The number of nitrogens with zero attached hydrogens (tertiary/aromatic N) is 4. The number of aromatic nitrogens is 1. The van der Waals surface area contributed by atoms with Gasteiger partial charge >= 0.3 is 0 Å². The van der Waals surface area contributed by atoms with E-state index in [-0.39, 0.29) is 0 Å². The SMILES string of the molecule is C=C1N(C)C(C)=CN1c1cc(C)c(C#N)cn1. The van der Waals surface area contributed by atoms with Crippen molar-refractivity contribution in [1.29, 1.82) is 5.26 Å². The second-order valence-electron chi connectivity index (χ2n) is 4.08. The smallest absolute Gasteiger partial charge is 0.138 e. The number of nitriles is 1. The van der Waals surface area contributed by atoms with Gasteiger partial charge in [-0.15, -0.1) is 0 Å². The molecule has 1 aromatic rings. The van der Waals surface area contributed by atoms with Crippen molar-refractivity contribution in [2.75, 3.05) is 11.9 Å². The monoisotopic (exact) mass is 226 g/mol. The number of pyridine rings is 1. The first-order valence-electron chi connectivity index (χ1n) is 5.31. The van der Waals surface area contributed by atoms with Gasteiger partial charge in [0.1, 0.15) is 17.7 Å². The lowest BCUT2D eigenvalue weighted by molar-refractivity contribution is 0.542. The third-order valence-corrected chi connectivity index (χ3v) is 2.97. The molecule has 2 heterocycles. The minimum absolute atomic E-state index is 0.604. The van der Waals surface area contributed by atoms with E-state index in [1.807, 2.05) is 43.0 Å². The average molecular weight is 226 g/mol. The number of anilines is 1. The van der Waals surface area contributed by atoms with Gasteiger partial charge in [-0.25, -0.2) is 4.98 Å². The van der Waals surface area contributed by atoms with E-state index < -0.39 is 0 Å². The Morgan fingerprint density at radius 1 is 1.41 bits per heavy atom. The number of aryl methyl sites for hydroxylation is 1. The van der Waals surface area contributed by atoms with Crippen LogP contribution in [0.25, 0.3) is 0 Å². The van der Waals surface area contributed by atoms with E-state index in [1.54, 1.807) is 6.20 Å². The molecule has 1 aliphatic heterocycles. The van der Waals surface area contributed by atoms with Crippen molar-refractivity contribution < 1.29 is 0 Å². The van der Waals surface area contributed by atoms with Crippen LogP contribution in [0.15, 0.2) is 36.6 Å². The van der Waals surface area contributed by atoms with E-state index in [1.165, 1.54) is 0 Å². The molecule has 86 valence electrons. The van der Waals surface area contributed by atoms with Crippen LogP contribution in [0.3, 0.4) is 0 Å². The summed E-state index contributed by atoms with van der Waals surface area (Å²) in [5.74, 6) is 1.65. The summed E-state index contributed by atoms with van der Waals surface area (Å²) in [4.78, 5) is 8.20. The van der Waals surface area contributed by atoms with Crippen molar-refractivity contribution >= 4 is 5.82 Å². The zero-order chi connectivity index (χ0) is 12.6. The standard InChI is InChI=1S/C13H14N4/c1-9-5-13(15-7-12(9)6-14)17-8-10(2)16(4)11(17)3/h5,7-8H,3H2,1-2,4H3. The summed E-state index contributed by atoms with van der Waals surface area (Å²) in [6, 6.07) is 4.01. The summed E-state index contributed by atoms with van der Waals surface area (Å²) in [7, 11) is 1.96. The maximum Gasteiger partial charge on any atom is 0.138 e. The normalized spacial score (nSPS) is 14.9. The molecule has 0 aliphatic carbocycles. The zero-order valence-corrected chi connectivity index (χ0v) is 10.2. The molecule has 4 heteroatoms. The molecule has 0 atom stereocenters. The van der Waals surface area contributed by atoms with Crippen LogP contribution in [-0.2, 0) is 0 Å². The molecule has 1 aliphatic rings. The highest BCUT2D eigenvalue weighted by atomic mass is 15.4. The molecule has 0 amide bonds. The van der Waals surface area contributed by atoms with E-state index >= 15 is 0 Å². The van der Waals surface area contributed by atoms with Gasteiger partial charge in [0, 0.05) is 25.1 Å². The second-order valence-corrected chi connectivity index (χ2v) is 4.08. The van der Waals surface area contributed by atoms with Crippen molar-refractivity contribution in [2.24, 2.45) is 0 Å². The number of rotatable bonds is 1. The number of allylic oxidation sites excluding steroid dienone is 1. The van der Waals surface area contributed by atoms with Crippen LogP contribution >= 0.6 is 0 Å². The second kappa shape index (κ2) is 3.95. The van der Waals surface area contributed by atoms with Crippen LogP contribution in [0.2, 0.25) is 0 Å². The highest BCUT2D eigenvalue weighted by molar-refractivity contribution is 5.55. The third kappa shape index (κ3) is 1.76. The lowest BCUT2D eigenvalue weighted by Gasteiger charge is -2.21. The lowest BCUT2D eigenvalue weighted by atomic mass is 10.2. The van der Waals surface area contributed by atoms with Crippen molar-refractivity contribution in [1.82, 2.24) is 9.88 Å². The molecule has 0 spiro atoms. The van der Waals surface area contributed by atoms with E-state index in [9.17, 15) is 0 Å². The van der Waals surface area contributed by atoms with Crippen LogP contribution in [-0.4, -0.2) is 16.9 Å². The maximum absolute atomic E-state index is 8.87. The Hall–Kier alpha value is -2.28. The van der Waals surface area contributed by atoms with Gasteiger partial charge in [0.2, 0.25) is 0 Å². The molecule has 0 N–H and O–H groups in total. The summed E-state index contributed by atoms with van der Waals surface area (Å²) in [6.07, 6.45) is 3.58. The average Bonchev–Trinajstić information content (AvgIpc) is 2.57. The molecule has 4 nitrogen and oxygen atoms in total. The summed E-state index contributed by atoms with van der Waals surface area (Å²) >= 11 is 0. The quantitative estimate of drug-likeness (QED) is 0.737. The third-order valence-electron chi connectivity index (χ3n) is 2.97. The van der Waals surface area contributed by atoms with E-state index in [0.717, 1.165) is 22.9 Å². The van der Waals surface area contributed by atoms with Gasteiger partial charge in [0.15, 0.2) is 0 Å². The first-order chi connectivity index (χ1) is 8.04. The van der Waals surface area contributed by atoms with Gasteiger partial charge in [-0.3, -0.25) is 4.90 Å². The first kappa shape index (κ1) is 11.2. The van der Waals surface area contributed by atoms with Crippen molar-refractivity contribution in [2.45, 2.75) is 13.8 Å². The van der Waals surface area contributed by atoms with Crippen LogP contribution in [0.1, 0.15) is 18.1 Å². The molecule has 0 fully saturated rings. The summed E-state index contributed by atoms with van der Waals surface area (Å²) < 4.78 is 0. The van der Waals surface area contributed by atoms with Gasteiger partial charge in [-0.2, -0.15) is 5.26 Å². The summed E-state index contributed by atoms with van der Waals surface area (Å²) in [5.41, 5.74) is 2.64. The molecule has 0 unspecified atom stereocenters. The Labute approximate surface area is 101 Å². The Morgan fingerprint density at radius 3 is 2.59 bits per heavy atom. The molecule has 17 heavy (non-hydrogen) atoms. The molecule has 0 saturated heterocycles. The number of hydrogen-bond donors (Lipinski definition) is 0. The molecule has 0 bridgehead atoms. The highest BCUT2D eigenvalue weighted by Crippen LogP contribution is 2.28. The Morgan fingerprint density at radius 2 is 2.12 bits per heavy atom. The predicted molar refractivity (Wildman–Crippen MR) is 66.8 cm³/mol. The summed E-state index contributed by atoms with van der Waals surface area (Å²) in [5, 5.41) is 8.87. The Balaban J connectivity index is 2.40. The van der Waals surface area contributed by atoms with Crippen molar-refractivity contribution in [3.8, 4) is 6.07 Å². The fourth-order valence-electron chi connectivity index (χ4n) is 1.70. The summed E-state index contributed by atoms with van der Waals surface area (Å²) in [6.45, 7) is 7.93. The van der Waals surface area contributed by atoms with E-state index in [2.05, 4.69) is 17.6 Å². The van der Waals surface area contributed by atoms with Gasteiger partial charge < -0.3 is 4.90 Å². The topological polar surface area (TPSA) is 43.2 Å². The Bertz CT molecular complexity index is 551. The zero-order valence-electron chi connectivity index (χ0n) is 10.2. The molecular weight excluding hydrogens is 212 g/mol. The lowest BCUT2D eigenvalue weighted by Crippen LogP contribution is -2.20. The molecule has 0 saturated carbocycles. The molecule has 2 rings (SSSR count). The largest absolute Gasteiger partial charge is 0.334 e. The molecule has 0 aromatic carbocycles. The van der Waals surface area contributed by atoms with Crippen LogP contribution in [0, 0.1) is 18.3 Å². The van der Waals surface area contributed by atoms with Gasteiger partial charge in [0.25, 0.3) is 0 Å². The predicted octanol–water partition coefficient (Wildman–Crippen LogP) is 2.35. The first-order valence-corrected chi connectivity index (χ1v) is 5.31. The fourth-order valence-corrected chi connectivity index (χ4v) is 1.70. The van der Waals surface area contributed by atoms with Crippen LogP contribution in [0.5, 0.6) is 0 Å². The van der Waals surface area contributed by atoms with Crippen molar-refractivity contribution in [3.05, 3.63) is 47.7 Å². The Kier molecular flexibility index (Phi) is 2.60. The highest BCUT2D eigenvalue weighted by Gasteiger charge is 2.21. The van der Waals surface area contributed by atoms with Crippen LogP contribution in [0.4, 0.5) is 5.82 Å². The molecule has 1 aromatic heterocycles. The van der Waals surface area contributed by atoms with Gasteiger partial charge in [-0.1, -0.05) is 6.58 Å². The minimum atomic E-state index is 0.604. The van der Waals surface area contributed by atoms with Gasteiger partial charge in [0.05, 0.1) is 5.56 Å². The van der Waals surface area contributed by atoms with Gasteiger partial charge in [-0.05, 0) is 25.5 Å². The van der Waals surface area contributed by atoms with E-state index in [4.69, 9.17) is 5.26 Å². The van der Waals surface area contributed by atoms with E-state index in [0.29, 0.717) is 5.56 Å².